The van der Waals surface area contributed by atoms with Crippen LogP contribution >= 0.6 is 0 Å². The van der Waals surface area contributed by atoms with Crippen molar-refractivity contribution in [1.82, 2.24) is 0 Å². The lowest BCUT2D eigenvalue weighted by Crippen LogP contribution is -2.32. The summed E-state index contributed by atoms with van der Waals surface area (Å²) in [5.74, 6) is -2.17. The maximum Gasteiger partial charge on any atom is 0.343 e. The van der Waals surface area contributed by atoms with Crippen molar-refractivity contribution >= 4 is 11.8 Å². The molecule has 0 bridgehead atoms. The fraction of sp³-hybridized carbons (Fsp3) is 0.222. The molecule has 5 heteroatoms. The SMILES string of the molecule is C=CCOC(=O)C(O)C(=O)C(=C)C#N. The van der Waals surface area contributed by atoms with Crippen LogP contribution in [-0.4, -0.2) is 29.6 Å². The van der Waals surface area contributed by atoms with E-state index >= 15 is 0 Å². The minimum Gasteiger partial charge on any atom is -0.459 e. The van der Waals surface area contributed by atoms with Crippen molar-refractivity contribution in [1.29, 1.82) is 5.26 Å². The molecule has 5 nitrogen and oxygen atoms in total. The Morgan fingerprint density at radius 3 is 2.64 bits per heavy atom. The van der Waals surface area contributed by atoms with E-state index in [0.29, 0.717) is 0 Å². The molecule has 0 aliphatic carbocycles. The highest BCUT2D eigenvalue weighted by Crippen LogP contribution is 1.99. The van der Waals surface area contributed by atoms with Crippen molar-refractivity contribution < 1.29 is 19.4 Å². The molecule has 0 fully saturated rings. The van der Waals surface area contributed by atoms with Gasteiger partial charge in [0.25, 0.3) is 0 Å². The summed E-state index contributed by atoms with van der Waals surface area (Å²) >= 11 is 0. The first kappa shape index (κ1) is 12.1. The number of ketones is 1. The number of ether oxygens (including phenoxy) is 1. The van der Waals surface area contributed by atoms with Crippen LogP contribution < -0.4 is 0 Å². The summed E-state index contributed by atoms with van der Waals surface area (Å²) in [6, 6.07) is 1.42. The fourth-order valence-corrected chi connectivity index (χ4v) is 0.547. The van der Waals surface area contributed by atoms with Crippen LogP contribution in [0.3, 0.4) is 0 Å². The van der Waals surface area contributed by atoms with Gasteiger partial charge in [0.05, 0.1) is 5.57 Å². The van der Waals surface area contributed by atoms with E-state index in [-0.39, 0.29) is 6.61 Å². The smallest absolute Gasteiger partial charge is 0.343 e. The van der Waals surface area contributed by atoms with Crippen LogP contribution in [0, 0.1) is 11.3 Å². The van der Waals surface area contributed by atoms with Crippen molar-refractivity contribution in [2.75, 3.05) is 6.61 Å². The number of carbonyl (C=O) groups excluding carboxylic acids is 2. The van der Waals surface area contributed by atoms with E-state index in [0.717, 1.165) is 0 Å². The number of hydrogen-bond acceptors (Lipinski definition) is 5. The van der Waals surface area contributed by atoms with Crippen LogP contribution in [0.2, 0.25) is 0 Å². The highest BCUT2D eigenvalue weighted by atomic mass is 16.5. The van der Waals surface area contributed by atoms with Gasteiger partial charge in [-0.2, -0.15) is 5.26 Å². The van der Waals surface area contributed by atoms with Gasteiger partial charge in [-0.1, -0.05) is 19.2 Å². The minimum atomic E-state index is -1.98. The number of aliphatic hydroxyl groups excluding tert-OH is 1. The molecule has 0 aliphatic heterocycles. The average Bonchev–Trinajstić information content (AvgIpc) is 2.22. The largest absolute Gasteiger partial charge is 0.459 e. The van der Waals surface area contributed by atoms with Gasteiger partial charge >= 0.3 is 5.97 Å². The average molecular weight is 195 g/mol. The van der Waals surface area contributed by atoms with Gasteiger partial charge in [-0.15, -0.1) is 0 Å². The normalized spacial score (nSPS) is 10.9. The van der Waals surface area contributed by atoms with E-state index in [1.54, 1.807) is 0 Å². The van der Waals surface area contributed by atoms with E-state index < -0.39 is 23.4 Å². The van der Waals surface area contributed by atoms with Gasteiger partial charge in [-0.3, -0.25) is 4.79 Å². The summed E-state index contributed by atoms with van der Waals surface area (Å²) in [5, 5.41) is 17.3. The highest BCUT2D eigenvalue weighted by molar-refractivity contribution is 6.12. The van der Waals surface area contributed by atoms with E-state index in [4.69, 9.17) is 10.4 Å². The Morgan fingerprint density at radius 2 is 2.21 bits per heavy atom. The summed E-state index contributed by atoms with van der Waals surface area (Å²) in [4.78, 5) is 21.9. The Kier molecular flexibility index (Phi) is 4.89. The summed E-state index contributed by atoms with van der Waals surface area (Å²) in [6.45, 7) is 6.22. The first-order chi connectivity index (χ1) is 6.54. The maximum atomic E-state index is 11.0. The number of nitrogens with zero attached hydrogens (tertiary/aromatic N) is 1. The molecule has 0 heterocycles. The Morgan fingerprint density at radius 1 is 1.64 bits per heavy atom. The molecule has 0 saturated heterocycles. The number of hydrogen-bond donors (Lipinski definition) is 1. The van der Waals surface area contributed by atoms with Crippen molar-refractivity contribution in [3.8, 4) is 6.07 Å². The third kappa shape index (κ3) is 3.21. The maximum absolute atomic E-state index is 11.0. The molecule has 0 rings (SSSR count). The van der Waals surface area contributed by atoms with Gasteiger partial charge in [-0.05, 0) is 0 Å². The van der Waals surface area contributed by atoms with Gasteiger partial charge in [0.2, 0.25) is 11.9 Å². The molecule has 0 aliphatic rings. The molecular formula is C9H9NO4. The predicted octanol–water partition coefficient (Wildman–Crippen LogP) is -0.275. The number of aliphatic hydroxyl groups is 1. The summed E-state index contributed by atoms with van der Waals surface area (Å²) in [7, 11) is 0. The third-order valence-corrected chi connectivity index (χ3v) is 1.25. The molecular weight excluding hydrogens is 186 g/mol. The lowest BCUT2D eigenvalue weighted by molar-refractivity contribution is -0.155. The first-order valence-electron chi connectivity index (χ1n) is 3.63. The Hall–Kier alpha value is -1.93. The van der Waals surface area contributed by atoms with Crippen molar-refractivity contribution in [2.24, 2.45) is 0 Å². The second kappa shape index (κ2) is 5.67. The number of rotatable bonds is 5. The zero-order valence-corrected chi connectivity index (χ0v) is 7.40. The molecule has 74 valence electrons. The molecule has 0 aromatic heterocycles. The number of esters is 1. The molecule has 1 atom stereocenters. The summed E-state index contributed by atoms with van der Waals surface area (Å²) in [5.41, 5.74) is -0.493. The van der Waals surface area contributed by atoms with Gasteiger partial charge < -0.3 is 9.84 Å². The first-order valence-corrected chi connectivity index (χ1v) is 3.63. The van der Waals surface area contributed by atoms with Crippen LogP contribution in [0.4, 0.5) is 0 Å². The number of carbonyl (C=O) groups is 2. The molecule has 0 radical (unpaired) electrons. The monoisotopic (exact) mass is 195 g/mol. The molecule has 0 amide bonds. The highest BCUT2D eigenvalue weighted by Gasteiger charge is 2.26. The van der Waals surface area contributed by atoms with Gasteiger partial charge in [-0.25, -0.2) is 4.79 Å². The van der Waals surface area contributed by atoms with E-state index in [2.05, 4.69) is 17.9 Å². The zero-order chi connectivity index (χ0) is 11.1. The lowest BCUT2D eigenvalue weighted by atomic mass is 10.1. The molecule has 0 aromatic carbocycles. The topological polar surface area (TPSA) is 87.4 Å². The molecule has 0 spiro atoms. The summed E-state index contributed by atoms with van der Waals surface area (Å²) < 4.78 is 4.39. The number of Topliss-reactive ketones (excluding diaryl/α,β-unsaturated/α-hetero) is 1. The van der Waals surface area contributed by atoms with Gasteiger partial charge in [0, 0.05) is 0 Å². The molecule has 1 N–H and O–H groups in total. The van der Waals surface area contributed by atoms with E-state index in [1.807, 2.05) is 0 Å². The Balaban J connectivity index is 4.33. The van der Waals surface area contributed by atoms with Crippen LogP contribution in [0.25, 0.3) is 0 Å². The third-order valence-electron chi connectivity index (χ3n) is 1.25. The van der Waals surface area contributed by atoms with Crippen LogP contribution in [0.5, 0.6) is 0 Å². The Bertz CT molecular complexity index is 313. The molecule has 0 aromatic rings. The Labute approximate surface area is 80.9 Å². The fourth-order valence-electron chi connectivity index (χ4n) is 0.547. The van der Waals surface area contributed by atoms with Crippen LogP contribution in [-0.2, 0) is 14.3 Å². The molecule has 14 heavy (non-hydrogen) atoms. The van der Waals surface area contributed by atoms with Crippen LogP contribution in [0.15, 0.2) is 24.8 Å². The standard InChI is InChI=1S/C9H9NO4/c1-3-4-14-9(13)8(12)7(11)6(2)5-10/h3,8,12H,1-2,4H2. The second-order valence-corrected chi connectivity index (χ2v) is 2.28. The summed E-state index contributed by atoms with van der Waals surface area (Å²) in [6.07, 6.45) is -0.698. The van der Waals surface area contributed by atoms with Crippen molar-refractivity contribution in [3.05, 3.63) is 24.8 Å². The number of nitriles is 1. The van der Waals surface area contributed by atoms with Crippen molar-refractivity contribution in [2.45, 2.75) is 6.10 Å². The van der Waals surface area contributed by atoms with Gasteiger partial charge in [0.15, 0.2) is 0 Å². The van der Waals surface area contributed by atoms with Crippen molar-refractivity contribution in [3.63, 3.8) is 0 Å². The second-order valence-electron chi connectivity index (χ2n) is 2.28. The van der Waals surface area contributed by atoms with E-state index in [1.165, 1.54) is 12.1 Å². The zero-order valence-electron chi connectivity index (χ0n) is 7.40. The quantitative estimate of drug-likeness (QED) is 0.214. The van der Waals surface area contributed by atoms with Crippen LogP contribution in [0.1, 0.15) is 0 Å². The molecule has 0 saturated carbocycles. The molecule has 1 unspecified atom stereocenters. The lowest BCUT2D eigenvalue weighted by Gasteiger charge is -2.06. The van der Waals surface area contributed by atoms with E-state index in [9.17, 15) is 9.59 Å². The predicted molar refractivity (Wildman–Crippen MR) is 46.9 cm³/mol. The van der Waals surface area contributed by atoms with Gasteiger partial charge in [0.1, 0.15) is 12.7 Å². The minimum absolute atomic E-state index is 0.109.